The van der Waals surface area contributed by atoms with Gasteiger partial charge in [-0.2, -0.15) is 0 Å². The molecule has 222 valence electrons. The molecular formula is C45H42. The molecule has 0 nitrogen and oxygen atoms in total. The molecule has 0 bridgehead atoms. The summed E-state index contributed by atoms with van der Waals surface area (Å²) >= 11 is 0. The summed E-state index contributed by atoms with van der Waals surface area (Å²) in [5.41, 5.74) is 25.3. The Hall–Kier alpha value is -4.42. The Balaban J connectivity index is 1.61. The van der Waals surface area contributed by atoms with Gasteiger partial charge in [0.1, 0.15) is 0 Å². The first-order chi connectivity index (χ1) is 21.7. The van der Waals surface area contributed by atoms with E-state index in [0.29, 0.717) is 0 Å². The van der Waals surface area contributed by atoms with Gasteiger partial charge in [0.05, 0.1) is 0 Å². The van der Waals surface area contributed by atoms with Crippen LogP contribution in [-0.4, -0.2) is 0 Å². The molecule has 0 radical (unpaired) electrons. The zero-order chi connectivity index (χ0) is 31.3. The van der Waals surface area contributed by atoms with Gasteiger partial charge in [0.2, 0.25) is 0 Å². The van der Waals surface area contributed by atoms with Gasteiger partial charge in [-0.1, -0.05) is 66.7 Å². The van der Waals surface area contributed by atoms with Crippen LogP contribution in [0.2, 0.25) is 0 Å². The summed E-state index contributed by atoms with van der Waals surface area (Å²) in [6.45, 7) is 18.8. The maximum absolute atomic E-state index is 2.51. The Labute approximate surface area is 268 Å². The first kappa shape index (κ1) is 28.1. The normalized spacial score (nSPS) is 13.4. The fraction of sp³-hybridized carbons (Fsp3) is 0.244. The predicted molar refractivity (Wildman–Crippen MR) is 196 cm³/mol. The molecule has 0 unspecified atom stereocenters. The molecule has 0 aliphatic heterocycles. The third-order valence-corrected chi connectivity index (χ3v) is 11.8. The highest BCUT2D eigenvalue weighted by Crippen LogP contribution is 2.51. The van der Waals surface area contributed by atoms with Crippen LogP contribution < -0.4 is 0 Å². The molecule has 0 heterocycles. The van der Waals surface area contributed by atoms with Crippen molar-refractivity contribution in [2.45, 2.75) is 74.7 Å². The van der Waals surface area contributed by atoms with Crippen LogP contribution in [0.1, 0.15) is 73.2 Å². The van der Waals surface area contributed by atoms with Crippen LogP contribution in [0, 0.1) is 55.4 Å². The second-order valence-electron chi connectivity index (χ2n) is 13.8. The molecule has 0 saturated carbocycles. The molecule has 0 saturated heterocycles. The lowest BCUT2D eigenvalue weighted by molar-refractivity contribution is 0.986. The van der Waals surface area contributed by atoms with Crippen LogP contribution in [0.5, 0.6) is 0 Å². The Bertz CT molecular complexity index is 2220. The molecule has 2 aliphatic carbocycles. The smallest absolute Gasteiger partial charge is 0.00134 e. The maximum Gasteiger partial charge on any atom is -0.00134 e. The third-order valence-electron chi connectivity index (χ3n) is 11.8. The Morgan fingerprint density at radius 1 is 0.444 bits per heavy atom. The fourth-order valence-corrected chi connectivity index (χ4v) is 8.57. The van der Waals surface area contributed by atoms with Gasteiger partial charge in [0, 0.05) is 0 Å². The maximum atomic E-state index is 2.51. The molecule has 0 spiro atoms. The monoisotopic (exact) mass is 582 g/mol. The Morgan fingerprint density at radius 3 is 1.56 bits per heavy atom. The van der Waals surface area contributed by atoms with Crippen molar-refractivity contribution in [2.75, 3.05) is 0 Å². The summed E-state index contributed by atoms with van der Waals surface area (Å²) < 4.78 is 0. The average Bonchev–Trinajstić information content (AvgIpc) is 3.44. The largest absolute Gasteiger partial charge is 0.0836 e. The van der Waals surface area contributed by atoms with E-state index in [2.05, 4.69) is 128 Å². The molecule has 0 heteroatoms. The second-order valence-corrected chi connectivity index (χ2v) is 13.8. The molecule has 8 rings (SSSR count). The van der Waals surface area contributed by atoms with Gasteiger partial charge in [-0.05, 0) is 202 Å². The summed E-state index contributed by atoms with van der Waals surface area (Å²) in [5.74, 6) is 0. The van der Waals surface area contributed by atoms with E-state index < -0.39 is 0 Å². The standard InChI is InChI=1S/C45H42/c1-24-26(3)30(7)42-40(28(24)5)44(36-19-17-32-13-9-10-14-33(32)21-36)41-29(6)25(2)27(4)31(8)43(41)45(42)37-20-18-35-22-34-15-11-12-16-38(34)39(35)23-37/h9,11-13,15-21,23H,10,14,22H2,1-8H3. The van der Waals surface area contributed by atoms with E-state index in [1.807, 2.05) is 0 Å². The number of hydrogen-bond acceptors (Lipinski definition) is 0. The van der Waals surface area contributed by atoms with Crippen molar-refractivity contribution >= 4 is 27.6 Å². The van der Waals surface area contributed by atoms with Gasteiger partial charge in [-0.3, -0.25) is 0 Å². The molecule has 2 aliphatic rings. The van der Waals surface area contributed by atoms with Gasteiger partial charge < -0.3 is 0 Å². The number of hydrogen-bond donors (Lipinski definition) is 0. The number of rotatable bonds is 2. The lowest BCUT2D eigenvalue weighted by Gasteiger charge is -2.27. The van der Waals surface area contributed by atoms with Crippen molar-refractivity contribution in [2.24, 2.45) is 0 Å². The lowest BCUT2D eigenvalue weighted by Crippen LogP contribution is -2.04. The van der Waals surface area contributed by atoms with Gasteiger partial charge in [-0.15, -0.1) is 0 Å². The van der Waals surface area contributed by atoms with Crippen LogP contribution in [0.15, 0.2) is 66.7 Å². The number of fused-ring (bicyclic) bond motifs is 6. The van der Waals surface area contributed by atoms with Crippen molar-refractivity contribution in [1.29, 1.82) is 0 Å². The zero-order valence-corrected chi connectivity index (χ0v) is 28.0. The van der Waals surface area contributed by atoms with Gasteiger partial charge in [0.15, 0.2) is 0 Å². The van der Waals surface area contributed by atoms with Gasteiger partial charge >= 0.3 is 0 Å². The summed E-state index contributed by atoms with van der Waals surface area (Å²) in [5, 5.41) is 5.70. The van der Waals surface area contributed by atoms with E-state index in [0.717, 1.165) is 19.3 Å². The van der Waals surface area contributed by atoms with Crippen LogP contribution >= 0.6 is 0 Å². The topological polar surface area (TPSA) is 0 Å². The molecule has 0 atom stereocenters. The first-order valence-electron chi connectivity index (χ1n) is 16.6. The summed E-state index contributed by atoms with van der Waals surface area (Å²) in [7, 11) is 0. The molecule has 0 N–H and O–H groups in total. The van der Waals surface area contributed by atoms with Crippen LogP contribution in [-0.2, 0) is 12.8 Å². The molecular weight excluding hydrogens is 540 g/mol. The van der Waals surface area contributed by atoms with E-state index in [4.69, 9.17) is 0 Å². The first-order valence-corrected chi connectivity index (χ1v) is 16.6. The number of benzene rings is 6. The van der Waals surface area contributed by atoms with Crippen molar-refractivity contribution in [3.8, 4) is 33.4 Å². The van der Waals surface area contributed by atoms with Crippen molar-refractivity contribution in [1.82, 2.24) is 0 Å². The zero-order valence-electron chi connectivity index (χ0n) is 28.0. The highest BCUT2D eigenvalue weighted by atomic mass is 14.3. The highest BCUT2D eigenvalue weighted by molar-refractivity contribution is 6.25. The van der Waals surface area contributed by atoms with Crippen molar-refractivity contribution in [3.63, 3.8) is 0 Å². The summed E-state index contributed by atoms with van der Waals surface area (Å²) in [6, 6.07) is 23.5. The third kappa shape index (κ3) is 3.91. The SMILES string of the molecule is Cc1c(C)c(C)c2c(-c3ccc4c(c3)-c3ccccc3C4)c3c(C)c(C)c(C)c(C)c3c(-c3ccc4c(c3)CCC=C4)c2c1C. The molecule has 0 fully saturated rings. The fourth-order valence-electron chi connectivity index (χ4n) is 8.57. The summed E-state index contributed by atoms with van der Waals surface area (Å²) in [4.78, 5) is 0. The minimum Gasteiger partial charge on any atom is -0.0836 e. The van der Waals surface area contributed by atoms with Gasteiger partial charge in [0.25, 0.3) is 0 Å². The second kappa shape index (κ2) is 10.0. The average molecular weight is 583 g/mol. The van der Waals surface area contributed by atoms with Crippen molar-refractivity contribution < 1.29 is 0 Å². The molecule has 6 aromatic carbocycles. The van der Waals surface area contributed by atoms with Crippen LogP contribution in [0.3, 0.4) is 0 Å². The van der Waals surface area contributed by atoms with E-state index in [-0.39, 0.29) is 0 Å². The van der Waals surface area contributed by atoms with E-state index in [1.165, 1.54) is 122 Å². The summed E-state index contributed by atoms with van der Waals surface area (Å²) in [6.07, 6.45) is 7.87. The van der Waals surface area contributed by atoms with Crippen molar-refractivity contribution in [3.05, 3.63) is 134 Å². The minimum atomic E-state index is 1.02. The molecule has 6 aromatic rings. The van der Waals surface area contributed by atoms with Crippen LogP contribution in [0.25, 0.3) is 61.0 Å². The Kier molecular flexibility index (Phi) is 6.27. The highest BCUT2D eigenvalue weighted by Gasteiger charge is 2.27. The van der Waals surface area contributed by atoms with Crippen LogP contribution in [0.4, 0.5) is 0 Å². The molecule has 0 amide bonds. The number of aryl methyl sites for hydroxylation is 5. The van der Waals surface area contributed by atoms with E-state index >= 15 is 0 Å². The van der Waals surface area contributed by atoms with E-state index in [1.54, 1.807) is 0 Å². The minimum absolute atomic E-state index is 1.02. The lowest BCUT2D eigenvalue weighted by atomic mass is 9.76. The van der Waals surface area contributed by atoms with Gasteiger partial charge in [-0.25, -0.2) is 0 Å². The predicted octanol–water partition coefficient (Wildman–Crippen LogP) is 12.3. The molecule has 0 aromatic heterocycles. The Morgan fingerprint density at radius 2 is 0.956 bits per heavy atom. The van der Waals surface area contributed by atoms with E-state index in [9.17, 15) is 0 Å². The molecule has 45 heavy (non-hydrogen) atoms. The quantitative estimate of drug-likeness (QED) is 0.178. The number of allylic oxidation sites excluding steroid dienone is 1.